The van der Waals surface area contributed by atoms with Crippen molar-refractivity contribution in [1.82, 2.24) is 29.0 Å². The molecule has 2 amide bonds. The number of pyridine rings is 1. The molecular weight excluding hydrogens is 494 g/mol. The summed E-state index contributed by atoms with van der Waals surface area (Å²) < 4.78 is 3.62. The summed E-state index contributed by atoms with van der Waals surface area (Å²) in [5.74, 6) is -0.569. The molecule has 1 saturated heterocycles. The summed E-state index contributed by atoms with van der Waals surface area (Å²) in [6.45, 7) is 2.75. The summed E-state index contributed by atoms with van der Waals surface area (Å²) in [4.78, 5) is 48.0. The third-order valence-electron chi connectivity index (χ3n) is 7.93. The number of hydrogen-bond donors (Lipinski definition) is 0. The Morgan fingerprint density at radius 1 is 0.949 bits per heavy atom. The molecule has 39 heavy (non-hydrogen) atoms. The van der Waals surface area contributed by atoms with Gasteiger partial charge in [-0.2, -0.15) is 10.4 Å². The first-order valence-electron chi connectivity index (χ1n) is 13.2. The van der Waals surface area contributed by atoms with Gasteiger partial charge in [0, 0.05) is 37.8 Å². The molecule has 0 atom stereocenters. The predicted molar refractivity (Wildman–Crippen MR) is 142 cm³/mol. The third-order valence-corrected chi connectivity index (χ3v) is 7.93. The highest BCUT2D eigenvalue weighted by Crippen LogP contribution is 2.39. The molecule has 1 fully saturated rings. The minimum atomic E-state index is -0.296. The predicted octanol–water partition coefficient (Wildman–Crippen LogP) is 3.43. The highest BCUT2D eigenvalue weighted by molar-refractivity contribution is 6.51. The van der Waals surface area contributed by atoms with Gasteiger partial charge in [-0.05, 0) is 49.1 Å². The number of allylic oxidation sites excluding steroid dienone is 2. The SMILES string of the molecule is N#Cc1cc2c3c(c1)c(C1=C(c4cnc5ccccn45)C(=O)CC1=O)nn3CCN(C(=O)N1CCCCC1)C2. The topological polar surface area (TPSA) is 117 Å². The second-order valence-corrected chi connectivity index (χ2v) is 10.3. The number of imidazole rings is 1. The fourth-order valence-corrected chi connectivity index (χ4v) is 6.12. The summed E-state index contributed by atoms with van der Waals surface area (Å²) in [5.41, 5.74) is 4.18. The van der Waals surface area contributed by atoms with Crippen molar-refractivity contribution in [3.8, 4) is 6.07 Å². The second-order valence-electron chi connectivity index (χ2n) is 10.3. The van der Waals surface area contributed by atoms with Gasteiger partial charge < -0.3 is 9.80 Å². The number of Topliss-reactive ketones (excluding diaryl/α,β-unsaturated/α-hetero) is 2. The lowest BCUT2D eigenvalue weighted by atomic mass is 9.98. The van der Waals surface area contributed by atoms with Gasteiger partial charge in [-0.15, -0.1) is 0 Å². The zero-order valence-corrected chi connectivity index (χ0v) is 21.3. The maximum absolute atomic E-state index is 13.3. The van der Waals surface area contributed by atoms with Crippen molar-refractivity contribution in [2.24, 2.45) is 0 Å². The van der Waals surface area contributed by atoms with Crippen molar-refractivity contribution < 1.29 is 14.4 Å². The molecule has 4 aromatic rings. The van der Waals surface area contributed by atoms with Crippen LogP contribution in [0, 0.1) is 11.3 Å². The molecule has 5 heterocycles. The molecule has 0 unspecified atom stereocenters. The van der Waals surface area contributed by atoms with Crippen LogP contribution in [0.2, 0.25) is 0 Å². The number of carbonyl (C=O) groups excluding carboxylic acids is 3. The molecule has 0 saturated carbocycles. The Kier molecular flexibility index (Phi) is 5.33. The zero-order chi connectivity index (χ0) is 26.7. The van der Waals surface area contributed by atoms with Crippen molar-refractivity contribution in [2.75, 3.05) is 19.6 Å². The number of aromatic nitrogens is 4. The lowest BCUT2D eigenvalue weighted by Crippen LogP contribution is -2.45. The molecule has 1 aliphatic carbocycles. The van der Waals surface area contributed by atoms with Crippen LogP contribution in [-0.4, -0.2) is 66.2 Å². The van der Waals surface area contributed by atoms with Crippen molar-refractivity contribution in [3.63, 3.8) is 0 Å². The van der Waals surface area contributed by atoms with E-state index >= 15 is 0 Å². The van der Waals surface area contributed by atoms with Crippen LogP contribution in [0.25, 0.3) is 27.7 Å². The maximum Gasteiger partial charge on any atom is 0.320 e. The Hall–Kier alpha value is -4.78. The fourth-order valence-electron chi connectivity index (χ4n) is 6.12. The maximum atomic E-state index is 13.3. The van der Waals surface area contributed by atoms with Crippen molar-refractivity contribution in [3.05, 3.63) is 65.2 Å². The minimum absolute atomic E-state index is 0.00496. The van der Waals surface area contributed by atoms with E-state index in [4.69, 9.17) is 5.10 Å². The van der Waals surface area contributed by atoms with E-state index in [0.717, 1.165) is 43.4 Å². The first kappa shape index (κ1) is 23.3. The van der Waals surface area contributed by atoms with Crippen LogP contribution in [0.5, 0.6) is 0 Å². The number of hydrogen-bond acceptors (Lipinski definition) is 6. The van der Waals surface area contributed by atoms with Crippen LogP contribution >= 0.6 is 0 Å². The van der Waals surface area contributed by atoms with E-state index in [2.05, 4.69) is 11.1 Å². The van der Waals surface area contributed by atoms with Crippen LogP contribution < -0.4 is 0 Å². The van der Waals surface area contributed by atoms with Crippen LogP contribution in [0.15, 0.2) is 42.7 Å². The van der Waals surface area contributed by atoms with E-state index in [1.807, 2.05) is 38.9 Å². The Morgan fingerprint density at radius 3 is 2.59 bits per heavy atom. The lowest BCUT2D eigenvalue weighted by Gasteiger charge is -2.32. The number of fused-ring (bicyclic) bond motifs is 1. The highest BCUT2D eigenvalue weighted by Gasteiger charge is 2.37. The van der Waals surface area contributed by atoms with E-state index in [0.29, 0.717) is 53.2 Å². The Morgan fingerprint density at radius 2 is 1.77 bits per heavy atom. The Balaban J connectivity index is 1.39. The van der Waals surface area contributed by atoms with Crippen LogP contribution in [0.4, 0.5) is 4.79 Å². The largest absolute Gasteiger partial charge is 0.325 e. The average Bonchev–Trinajstić information content (AvgIpc) is 3.58. The monoisotopic (exact) mass is 519 g/mol. The molecular formula is C29H25N7O3. The van der Waals surface area contributed by atoms with Crippen LogP contribution in [0.3, 0.4) is 0 Å². The van der Waals surface area contributed by atoms with E-state index in [-0.39, 0.29) is 29.6 Å². The fraction of sp³-hybridized carbons (Fsp3) is 0.310. The molecule has 7 rings (SSSR count). The summed E-state index contributed by atoms with van der Waals surface area (Å²) in [6.07, 6.45) is 6.35. The van der Waals surface area contributed by atoms with Crippen molar-refractivity contribution in [2.45, 2.75) is 38.8 Å². The highest BCUT2D eigenvalue weighted by atomic mass is 16.2. The number of nitrogens with zero attached hydrogens (tertiary/aromatic N) is 7. The van der Waals surface area contributed by atoms with Gasteiger partial charge in [0.05, 0.1) is 53.2 Å². The second kappa shape index (κ2) is 8.91. The standard InChI is InChI=1S/C29H25N7O3/c30-15-18-12-19-17-34(29(39)33-7-3-1-4-8-33)10-11-36-28(19)20(13-18)27(32-36)26-23(38)14-22(37)25(26)21-16-31-24-6-2-5-9-35(21)24/h2,5-6,9,12-13,16H,1,3-4,7-8,10-11,14,17H2. The molecule has 0 spiro atoms. The van der Waals surface area contributed by atoms with Gasteiger partial charge in [0.1, 0.15) is 11.3 Å². The van der Waals surface area contributed by atoms with Crippen molar-refractivity contribution >= 4 is 45.3 Å². The molecule has 10 heteroatoms. The van der Waals surface area contributed by atoms with Gasteiger partial charge in [-0.3, -0.25) is 18.7 Å². The average molecular weight is 520 g/mol. The molecule has 1 aromatic carbocycles. The first-order chi connectivity index (χ1) is 19.0. The lowest BCUT2D eigenvalue weighted by molar-refractivity contribution is -0.119. The number of nitriles is 1. The summed E-state index contributed by atoms with van der Waals surface area (Å²) in [5, 5.41) is 15.4. The molecule has 0 bridgehead atoms. The number of rotatable bonds is 2. The van der Waals surface area contributed by atoms with Gasteiger partial charge in [0.15, 0.2) is 11.6 Å². The van der Waals surface area contributed by atoms with Crippen LogP contribution in [-0.2, 0) is 22.7 Å². The first-order valence-corrected chi connectivity index (χ1v) is 13.2. The van der Waals surface area contributed by atoms with Gasteiger partial charge in [-0.25, -0.2) is 9.78 Å². The van der Waals surface area contributed by atoms with Gasteiger partial charge in [0.25, 0.3) is 0 Å². The number of piperidine rings is 1. The quantitative estimate of drug-likeness (QED) is 0.375. The summed E-state index contributed by atoms with van der Waals surface area (Å²) in [6, 6.07) is 11.3. The molecule has 194 valence electrons. The van der Waals surface area contributed by atoms with E-state index in [1.54, 1.807) is 22.7 Å². The number of ketones is 2. The number of likely N-dealkylation sites (tertiary alicyclic amines) is 1. The van der Waals surface area contributed by atoms with Gasteiger partial charge in [-0.1, -0.05) is 6.07 Å². The Labute approximate surface area is 223 Å². The number of urea groups is 1. The van der Waals surface area contributed by atoms with E-state index in [9.17, 15) is 19.6 Å². The molecule has 0 radical (unpaired) electrons. The molecule has 10 nitrogen and oxygen atoms in total. The minimum Gasteiger partial charge on any atom is -0.325 e. The Bertz CT molecular complexity index is 1780. The smallest absolute Gasteiger partial charge is 0.320 e. The van der Waals surface area contributed by atoms with Crippen LogP contribution in [0.1, 0.15) is 48.2 Å². The number of benzene rings is 1. The van der Waals surface area contributed by atoms with Crippen molar-refractivity contribution in [1.29, 1.82) is 5.26 Å². The van der Waals surface area contributed by atoms with Gasteiger partial charge >= 0.3 is 6.03 Å². The van der Waals surface area contributed by atoms with Gasteiger partial charge in [0.2, 0.25) is 0 Å². The third kappa shape index (κ3) is 3.65. The number of amides is 2. The van der Waals surface area contributed by atoms with E-state index < -0.39 is 0 Å². The molecule has 2 aliphatic heterocycles. The molecule has 3 aromatic heterocycles. The molecule has 3 aliphatic rings. The molecule has 0 N–H and O–H groups in total. The zero-order valence-electron chi connectivity index (χ0n) is 21.3. The summed E-state index contributed by atoms with van der Waals surface area (Å²) >= 11 is 0. The normalized spacial score (nSPS) is 17.8. The van der Waals surface area contributed by atoms with E-state index in [1.165, 1.54) is 0 Å². The number of carbonyl (C=O) groups is 3. The summed E-state index contributed by atoms with van der Waals surface area (Å²) in [7, 11) is 0.